The minimum Gasteiger partial charge on any atom is -0.303 e. The molecule has 0 N–H and O–H groups in total. The van der Waals surface area contributed by atoms with E-state index in [1.807, 2.05) is 0 Å². The molecule has 4 heteroatoms. The van der Waals surface area contributed by atoms with Gasteiger partial charge in [0.15, 0.2) is 0 Å². The SMILES string of the molecule is [N-]=[N+]=NC[CH]C=O. The summed E-state index contributed by atoms with van der Waals surface area (Å²) in [7, 11) is 0. The third-order valence-corrected chi connectivity index (χ3v) is 0.347. The maximum atomic E-state index is 9.44. The van der Waals surface area contributed by atoms with Crippen molar-refractivity contribution in [2.45, 2.75) is 0 Å². The number of nitrogens with zero attached hydrogens (tertiary/aromatic N) is 3. The van der Waals surface area contributed by atoms with E-state index in [9.17, 15) is 4.79 Å². The predicted octanol–water partition coefficient (Wildman–Crippen LogP) is 0.700. The Kier molecular flexibility index (Phi) is 4.25. The van der Waals surface area contributed by atoms with Gasteiger partial charge in [-0.2, -0.15) is 0 Å². The van der Waals surface area contributed by atoms with Crippen molar-refractivity contribution in [1.29, 1.82) is 0 Å². The molecule has 37 valence electrons. The molecule has 0 aromatic carbocycles. The number of hydrogen-bond acceptors (Lipinski definition) is 2. The molecule has 0 bridgehead atoms. The summed E-state index contributed by atoms with van der Waals surface area (Å²) in [5.41, 5.74) is 7.62. The van der Waals surface area contributed by atoms with E-state index in [0.29, 0.717) is 6.29 Å². The Morgan fingerprint density at radius 2 is 2.57 bits per heavy atom. The fourth-order valence-electron chi connectivity index (χ4n) is 0.127. The normalized spacial score (nSPS) is 6.86. The van der Waals surface area contributed by atoms with Crippen molar-refractivity contribution in [1.82, 2.24) is 0 Å². The standard InChI is InChI=1S/C3H4N3O/c4-6-5-2-1-3-7/h1,3H,2H2. The van der Waals surface area contributed by atoms with E-state index < -0.39 is 0 Å². The summed E-state index contributed by atoms with van der Waals surface area (Å²) in [6.45, 7) is 0.153. The fraction of sp³-hybridized carbons (Fsp3) is 0.333. The summed E-state index contributed by atoms with van der Waals surface area (Å²) in [5.74, 6) is 0. The Morgan fingerprint density at radius 1 is 1.86 bits per heavy atom. The molecule has 0 aromatic rings. The minimum absolute atomic E-state index is 0.153. The second-order valence-electron chi connectivity index (χ2n) is 0.785. The predicted molar refractivity (Wildman–Crippen MR) is 24.4 cm³/mol. The van der Waals surface area contributed by atoms with Gasteiger partial charge in [-0.1, -0.05) is 5.11 Å². The summed E-state index contributed by atoms with van der Waals surface area (Å²) in [5, 5.41) is 3.06. The maximum absolute atomic E-state index is 9.44. The topological polar surface area (TPSA) is 65.8 Å². The second-order valence-corrected chi connectivity index (χ2v) is 0.785. The van der Waals surface area contributed by atoms with Gasteiger partial charge in [0.1, 0.15) is 6.29 Å². The van der Waals surface area contributed by atoms with Crippen LogP contribution in [0.2, 0.25) is 0 Å². The summed E-state index contributed by atoms with van der Waals surface area (Å²) in [6.07, 6.45) is 1.83. The zero-order valence-electron chi connectivity index (χ0n) is 3.61. The molecule has 0 unspecified atom stereocenters. The van der Waals surface area contributed by atoms with Crippen molar-refractivity contribution in [3.05, 3.63) is 16.9 Å². The van der Waals surface area contributed by atoms with Crippen molar-refractivity contribution in [2.24, 2.45) is 5.11 Å². The highest BCUT2D eigenvalue weighted by Gasteiger charge is 1.74. The largest absolute Gasteiger partial charge is 0.303 e. The molecule has 1 radical (unpaired) electrons. The van der Waals surface area contributed by atoms with Crippen LogP contribution in [0.15, 0.2) is 5.11 Å². The fourth-order valence-corrected chi connectivity index (χ4v) is 0.127. The van der Waals surface area contributed by atoms with Gasteiger partial charge in [-0.25, -0.2) is 0 Å². The lowest BCUT2D eigenvalue weighted by molar-refractivity contribution is -0.105. The van der Waals surface area contributed by atoms with E-state index in [4.69, 9.17) is 5.53 Å². The van der Waals surface area contributed by atoms with E-state index in [1.54, 1.807) is 0 Å². The van der Waals surface area contributed by atoms with Gasteiger partial charge in [0, 0.05) is 17.9 Å². The summed E-state index contributed by atoms with van der Waals surface area (Å²) in [4.78, 5) is 11.8. The maximum Gasteiger partial charge on any atom is 0.123 e. The van der Waals surface area contributed by atoms with Crippen molar-refractivity contribution in [2.75, 3.05) is 6.54 Å². The molecule has 0 fully saturated rings. The Balaban J connectivity index is 2.97. The van der Waals surface area contributed by atoms with Crippen LogP contribution in [0.5, 0.6) is 0 Å². The minimum atomic E-state index is 0.153. The first-order valence-electron chi connectivity index (χ1n) is 1.69. The molecule has 0 amide bonds. The van der Waals surface area contributed by atoms with Gasteiger partial charge in [0.05, 0.1) is 0 Å². The number of carbonyl (C=O) groups is 1. The van der Waals surface area contributed by atoms with E-state index in [0.717, 1.165) is 0 Å². The van der Waals surface area contributed by atoms with Crippen molar-refractivity contribution in [3.8, 4) is 0 Å². The van der Waals surface area contributed by atoms with Crippen LogP contribution in [-0.4, -0.2) is 12.8 Å². The molecule has 4 nitrogen and oxygen atoms in total. The summed E-state index contributed by atoms with van der Waals surface area (Å²) >= 11 is 0. The van der Waals surface area contributed by atoms with E-state index in [-0.39, 0.29) is 6.54 Å². The molecule has 7 heavy (non-hydrogen) atoms. The van der Waals surface area contributed by atoms with Crippen LogP contribution in [-0.2, 0) is 4.79 Å². The van der Waals surface area contributed by atoms with E-state index in [1.165, 1.54) is 6.42 Å². The highest BCUT2D eigenvalue weighted by Crippen LogP contribution is 1.71. The van der Waals surface area contributed by atoms with Crippen LogP contribution < -0.4 is 0 Å². The molecule has 0 saturated heterocycles. The first kappa shape index (κ1) is 5.98. The summed E-state index contributed by atoms with van der Waals surface area (Å²) in [6, 6.07) is 0. The lowest BCUT2D eigenvalue weighted by Gasteiger charge is -1.70. The molecule has 0 aliphatic rings. The lowest BCUT2D eigenvalue weighted by atomic mass is 10.5. The molecule has 0 spiro atoms. The summed E-state index contributed by atoms with van der Waals surface area (Å²) < 4.78 is 0. The highest BCUT2D eigenvalue weighted by atomic mass is 16.1. The van der Waals surface area contributed by atoms with Gasteiger partial charge in [-0.15, -0.1) is 0 Å². The average Bonchev–Trinajstić information content (AvgIpc) is 1.69. The first-order chi connectivity index (χ1) is 3.41. The number of carbonyl (C=O) groups excluding carboxylic acids is 1. The Morgan fingerprint density at radius 3 is 3.00 bits per heavy atom. The Bertz CT molecular complexity index is 94.4. The van der Waals surface area contributed by atoms with Crippen molar-refractivity contribution in [3.63, 3.8) is 0 Å². The molecular weight excluding hydrogens is 94.1 g/mol. The zero-order chi connectivity index (χ0) is 5.54. The van der Waals surface area contributed by atoms with Gasteiger partial charge < -0.3 is 4.79 Å². The molecule has 0 saturated carbocycles. The quantitative estimate of drug-likeness (QED) is 0.168. The van der Waals surface area contributed by atoms with Crippen LogP contribution >= 0.6 is 0 Å². The van der Waals surface area contributed by atoms with Crippen LogP contribution in [0, 0.1) is 6.42 Å². The third-order valence-electron chi connectivity index (χ3n) is 0.347. The van der Waals surface area contributed by atoms with Crippen LogP contribution in [0.4, 0.5) is 0 Å². The highest BCUT2D eigenvalue weighted by molar-refractivity contribution is 5.61. The molecule has 0 heterocycles. The molecule has 0 atom stereocenters. The van der Waals surface area contributed by atoms with Crippen LogP contribution in [0.3, 0.4) is 0 Å². The smallest absolute Gasteiger partial charge is 0.123 e. The van der Waals surface area contributed by atoms with Gasteiger partial charge >= 0.3 is 0 Å². The molecule has 0 aliphatic carbocycles. The third kappa shape index (κ3) is 4.98. The second kappa shape index (κ2) is 4.98. The lowest BCUT2D eigenvalue weighted by Crippen LogP contribution is -1.78. The van der Waals surface area contributed by atoms with Gasteiger partial charge in [-0.05, 0) is 5.53 Å². The molecule has 0 aliphatic heterocycles. The Labute approximate surface area is 40.8 Å². The molecular formula is C3H4N3O. The van der Waals surface area contributed by atoms with Gasteiger partial charge in [0.2, 0.25) is 0 Å². The number of azide groups is 1. The van der Waals surface area contributed by atoms with Gasteiger partial charge in [-0.3, -0.25) is 0 Å². The number of rotatable bonds is 3. The number of hydrogen-bond donors (Lipinski definition) is 0. The average molecular weight is 98.1 g/mol. The van der Waals surface area contributed by atoms with Crippen LogP contribution in [0.1, 0.15) is 0 Å². The first-order valence-corrected chi connectivity index (χ1v) is 1.69. The van der Waals surface area contributed by atoms with E-state index in [2.05, 4.69) is 10.0 Å². The number of aldehydes is 1. The van der Waals surface area contributed by atoms with Crippen molar-refractivity contribution >= 4 is 6.29 Å². The molecule has 0 aromatic heterocycles. The van der Waals surface area contributed by atoms with E-state index >= 15 is 0 Å². The van der Waals surface area contributed by atoms with Crippen LogP contribution in [0.25, 0.3) is 10.4 Å². The molecule has 0 rings (SSSR count). The van der Waals surface area contributed by atoms with Crippen molar-refractivity contribution < 1.29 is 4.79 Å². The zero-order valence-corrected chi connectivity index (χ0v) is 3.61. The Hall–Kier alpha value is -1.02. The van der Waals surface area contributed by atoms with Gasteiger partial charge in [0.25, 0.3) is 0 Å². The monoisotopic (exact) mass is 98.0 g/mol.